The third kappa shape index (κ3) is 3.50. The van der Waals surface area contributed by atoms with Crippen LogP contribution in [0.2, 0.25) is 0 Å². The number of benzene rings is 1. The minimum absolute atomic E-state index is 0.0490. The smallest absolute Gasteiger partial charge is 0.316 e. The van der Waals surface area contributed by atoms with E-state index in [0.717, 1.165) is 36.6 Å². The largest absolute Gasteiger partial charge is 0.465 e. The fraction of sp³-hybridized carbons (Fsp3) is 0.611. The van der Waals surface area contributed by atoms with E-state index in [-0.39, 0.29) is 5.97 Å². The molecule has 0 unspecified atom stereocenters. The van der Waals surface area contributed by atoms with Gasteiger partial charge in [-0.15, -0.1) is 0 Å². The van der Waals surface area contributed by atoms with Crippen molar-refractivity contribution in [3.8, 4) is 0 Å². The van der Waals surface area contributed by atoms with Crippen molar-refractivity contribution in [1.29, 1.82) is 0 Å². The van der Waals surface area contributed by atoms with Crippen molar-refractivity contribution in [1.82, 2.24) is 0 Å². The molecule has 1 aromatic carbocycles. The Kier molecular flexibility index (Phi) is 5.13. The molecule has 0 N–H and O–H groups in total. The van der Waals surface area contributed by atoms with Crippen LogP contribution >= 0.6 is 15.9 Å². The molecule has 1 aliphatic carbocycles. The molecule has 0 aliphatic heterocycles. The molecule has 1 aromatic rings. The first-order valence-electron chi connectivity index (χ1n) is 7.76. The van der Waals surface area contributed by atoms with Crippen LogP contribution in [0.4, 0.5) is 0 Å². The van der Waals surface area contributed by atoms with E-state index in [0.29, 0.717) is 12.0 Å². The maximum Gasteiger partial charge on any atom is 0.316 e. The molecule has 0 spiro atoms. The third-order valence-electron chi connectivity index (χ3n) is 4.78. The highest BCUT2D eigenvalue weighted by Crippen LogP contribution is 2.47. The first-order valence-corrected chi connectivity index (χ1v) is 8.88. The second-order valence-corrected chi connectivity index (χ2v) is 7.36. The molecule has 1 aliphatic rings. The number of ether oxygens (including phenoxy) is 1. The van der Waals surface area contributed by atoms with Gasteiger partial charge >= 0.3 is 5.97 Å². The van der Waals surface area contributed by atoms with Crippen LogP contribution in [0, 0.1) is 5.41 Å². The van der Waals surface area contributed by atoms with Gasteiger partial charge in [-0.2, -0.15) is 0 Å². The fourth-order valence-corrected chi connectivity index (χ4v) is 3.52. The van der Waals surface area contributed by atoms with E-state index in [1.807, 2.05) is 6.92 Å². The monoisotopic (exact) mass is 352 g/mol. The van der Waals surface area contributed by atoms with Gasteiger partial charge in [-0.3, -0.25) is 4.79 Å². The number of esters is 1. The fourth-order valence-electron chi connectivity index (χ4n) is 3.15. The van der Waals surface area contributed by atoms with Crippen LogP contribution in [0.15, 0.2) is 24.3 Å². The molecule has 2 nitrogen and oxygen atoms in total. The van der Waals surface area contributed by atoms with Crippen molar-refractivity contribution in [3.05, 3.63) is 35.4 Å². The second-order valence-electron chi connectivity index (χ2n) is 6.80. The second kappa shape index (κ2) is 6.51. The lowest BCUT2D eigenvalue weighted by Crippen LogP contribution is -2.42. The number of hydrogen-bond acceptors (Lipinski definition) is 2. The summed E-state index contributed by atoms with van der Waals surface area (Å²) in [6.45, 7) is 6.90. The summed E-state index contributed by atoms with van der Waals surface area (Å²) in [5, 5.41) is 0.840. The van der Waals surface area contributed by atoms with Crippen molar-refractivity contribution in [2.24, 2.45) is 5.41 Å². The Hall–Kier alpha value is -0.830. The maximum atomic E-state index is 12.7. The zero-order valence-corrected chi connectivity index (χ0v) is 14.8. The lowest BCUT2D eigenvalue weighted by atomic mass is 9.62. The van der Waals surface area contributed by atoms with E-state index in [2.05, 4.69) is 54.0 Å². The molecule has 1 fully saturated rings. The van der Waals surface area contributed by atoms with Gasteiger partial charge in [-0.1, -0.05) is 54.0 Å². The number of carbonyl (C=O) groups is 1. The van der Waals surface area contributed by atoms with Gasteiger partial charge in [-0.25, -0.2) is 0 Å². The molecule has 116 valence electrons. The number of hydrogen-bond donors (Lipinski definition) is 0. The molecule has 0 aromatic heterocycles. The van der Waals surface area contributed by atoms with Crippen molar-refractivity contribution in [2.75, 3.05) is 6.61 Å². The Balaban J connectivity index is 2.34. The Bertz CT molecular complexity index is 480. The topological polar surface area (TPSA) is 26.3 Å². The van der Waals surface area contributed by atoms with Gasteiger partial charge in [0.25, 0.3) is 0 Å². The van der Waals surface area contributed by atoms with Gasteiger partial charge < -0.3 is 4.74 Å². The predicted octanol–water partition coefficient (Wildman–Crippen LogP) is 4.98. The summed E-state index contributed by atoms with van der Waals surface area (Å²) in [6, 6.07) is 8.41. The van der Waals surface area contributed by atoms with E-state index >= 15 is 0 Å². The molecule has 0 bridgehead atoms. The highest BCUT2D eigenvalue weighted by atomic mass is 79.9. The normalized spacial score (nSPS) is 20.0. The van der Waals surface area contributed by atoms with Gasteiger partial charge in [0.1, 0.15) is 0 Å². The minimum atomic E-state index is -0.448. The number of carbonyl (C=O) groups excluding carboxylic acids is 1. The van der Waals surface area contributed by atoms with Crippen molar-refractivity contribution in [2.45, 2.75) is 57.2 Å². The van der Waals surface area contributed by atoms with Gasteiger partial charge in [-0.05, 0) is 49.1 Å². The summed E-state index contributed by atoms with van der Waals surface area (Å²) >= 11 is 3.47. The quantitative estimate of drug-likeness (QED) is 0.564. The summed E-state index contributed by atoms with van der Waals surface area (Å²) < 4.78 is 5.42. The number of rotatable bonds is 4. The Morgan fingerprint density at radius 2 is 1.71 bits per heavy atom. The molecule has 0 atom stereocenters. The molecule has 3 heteroatoms. The van der Waals surface area contributed by atoms with Crippen LogP contribution in [-0.4, -0.2) is 12.6 Å². The van der Waals surface area contributed by atoms with E-state index < -0.39 is 5.41 Å². The zero-order valence-electron chi connectivity index (χ0n) is 13.2. The highest BCUT2D eigenvalue weighted by molar-refractivity contribution is 9.08. The summed E-state index contributed by atoms with van der Waals surface area (Å²) in [6.07, 6.45) is 3.89. The first kappa shape index (κ1) is 16.5. The summed E-state index contributed by atoms with van der Waals surface area (Å²) in [5.74, 6) is -0.0490. The zero-order chi connectivity index (χ0) is 15.5. The van der Waals surface area contributed by atoms with E-state index in [4.69, 9.17) is 4.74 Å². The maximum absolute atomic E-state index is 12.7. The molecule has 21 heavy (non-hydrogen) atoms. The average molecular weight is 353 g/mol. The number of alkyl halides is 1. The van der Waals surface area contributed by atoms with Crippen LogP contribution in [0.5, 0.6) is 0 Å². The standard InChI is InChI=1S/C18H25BrO2/c1-4-21-16(20)18(11-9-17(2,3)10-12-18)15-7-5-14(13-19)6-8-15/h5-8H,4,9-13H2,1-3H3. The Labute approximate surface area is 136 Å². The highest BCUT2D eigenvalue weighted by Gasteiger charge is 2.46. The van der Waals surface area contributed by atoms with Gasteiger partial charge in [0.05, 0.1) is 12.0 Å². The molecule has 0 radical (unpaired) electrons. The average Bonchev–Trinajstić information content (AvgIpc) is 2.48. The van der Waals surface area contributed by atoms with E-state index in [1.165, 1.54) is 5.56 Å². The van der Waals surface area contributed by atoms with Crippen molar-refractivity contribution < 1.29 is 9.53 Å². The molecule has 0 heterocycles. The van der Waals surface area contributed by atoms with Crippen LogP contribution in [0.3, 0.4) is 0 Å². The SMILES string of the molecule is CCOC(=O)C1(c2ccc(CBr)cc2)CCC(C)(C)CC1. The molecule has 0 saturated heterocycles. The first-order chi connectivity index (χ1) is 9.93. The lowest BCUT2D eigenvalue weighted by Gasteiger charge is -2.42. The van der Waals surface area contributed by atoms with Gasteiger partial charge in [0.2, 0.25) is 0 Å². The summed E-state index contributed by atoms with van der Waals surface area (Å²) in [7, 11) is 0. The van der Waals surface area contributed by atoms with Crippen LogP contribution in [-0.2, 0) is 20.3 Å². The number of halogens is 1. The van der Waals surface area contributed by atoms with Crippen LogP contribution in [0.1, 0.15) is 57.6 Å². The predicted molar refractivity (Wildman–Crippen MR) is 89.6 cm³/mol. The lowest BCUT2D eigenvalue weighted by molar-refractivity contribution is -0.152. The molecular weight excluding hydrogens is 328 g/mol. The molecule has 2 rings (SSSR count). The summed E-state index contributed by atoms with van der Waals surface area (Å²) in [5.41, 5.74) is 2.22. The van der Waals surface area contributed by atoms with Crippen LogP contribution < -0.4 is 0 Å². The third-order valence-corrected chi connectivity index (χ3v) is 5.43. The molecular formula is C18H25BrO2. The van der Waals surface area contributed by atoms with E-state index in [1.54, 1.807) is 0 Å². The van der Waals surface area contributed by atoms with Crippen LogP contribution in [0.25, 0.3) is 0 Å². The van der Waals surface area contributed by atoms with Crippen molar-refractivity contribution >= 4 is 21.9 Å². The van der Waals surface area contributed by atoms with E-state index in [9.17, 15) is 4.79 Å². The Morgan fingerprint density at radius 3 is 2.19 bits per heavy atom. The van der Waals surface area contributed by atoms with Gasteiger partial charge in [0.15, 0.2) is 0 Å². The molecule has 0 amide bonds. The van der Waals surface area contributed by atoms with Gasteiger partial charge in [0, 0.05) is 5.33 Å². The molecule has 1 saturated carbocycles. The van der Waals surface area contributed by atoms with Crippen molar-refractivity contribution in [3.63, 3.8) is 0 Å². The minimum Gasteiger partial charge on any atom is -0.465 e. The Morgan fingerprint density at radius 1 is 1.14 bits per heavy atom. The summed E-state index contributed by atoms with van der Waals surface area (Å²) in [4.78, 5) is 12.7.